The summed E-state index contributed by atoms with van der Waals surface area (Å²) in [5, 5.41) is 5.15. The van der Waals surface area contributed by atoms with Crippen LogP contribution in [0.3, 0.4) is 0 Å². The van der Waals surface area contributed by atoms with Crippen molar-refractivity contribution in [2.24, 2.45) is 5.92 Å². The normalized spacial score (nSPS) is 12.4. The van der Waals surface area contributed by atoms with Crippen molar-refractivity contribution in [3.05, 3.63) is 56.7 Å². The third-order valence-corrected chi connectivity index (χ3v) is 4.34. The Labute approximate surface area is 126 Å². The lowest BCUT2D eigenvalue weighted by Crippen LogP contribution is -2.31. The second kappa shape index (κ2) is 6.35. The van der Waals surface area contributed by atoms with E-state index in [0.29, 0.717) is 11.5 Å². The minimum atomic E-state index is -0.0339. The Kier molecular flexibility index (Phi) is 4.77. The van der Waals surface area contributed by atoms with Crippen molar-refractivity contribution >= 4 is 33.2 Å². The molecule has 1 amide bonds. The summed E-state index contributed by atoms with van der Waals surface area (Å²) in [6, 6.07) is 11.6. The predicted octanol–water partition coefficient (Wildman–Crippen LogP) is 4.64. The highest BCUT2D eigenvalue weighted by atomic mass is 79.9. The van der Waals surface area contributed by atoms with E-state index in [1.165, 1.54) is 4.88 Å². The smallest absolute Gasteiger partial charge is 0.251 e. The molecule has 0 aliphatic rings. The molecule has 0 unspecified atom stereocenters. The summed E-state index contributed by atoms with van der Waals surface area (Å²) < 4.78 is 0.914. The van der Waals surface area contributed by atoms with Crippen molar-refractivity contribution < 1.29 is 4.79 Å². The van der Waals surface area contributed by atoms with Crippen LogP contribution in [-0.2, 0) is 0 Å². The SMILES string of the molecule is CC(C)[C@@H](NC(=O)c1cccc(Br)c1)c1cccs1. The van der Waals surface area contributed by atoms with Gasteiger partial charge in [0.2, 0.25) is 0 Å². The molecular weight excluding hydrogens is 322 g/mol. The predicted molar refractivity (Wildman–Crippen MR) is 83.5 cm³/mol. The van der Waals surface area contributed by atoms with Crippen LogP contribution in [0.1, 0.15) is 35.1 Å². The molecule has 2 aromatic rings. The van der Waals surface area contributed by atoms with Gasteiger partial charge >= 0.3 is 0 Å². The van der Waals surface area contributed by atoms with E-state index in [1.807, 2.05) is 35.7 Å². The Bertz CT molecular complexity index is 551. The first-order valence-electron chi connectivity index (χ1n) is 6.18. The molecule has 4 heteroatoms. The van der Waals surface area contributed by atoms with Crippen LogP contribution in [0.25, 0.3) is 0 Å². The van der Waals surface area contributed by atoms with Crippen LogP contribution in [-0.4, -0.2) is 5.91 Å². The Morgan fingerprint density at radius 2 is 2.05 bits per heavy atom. The third-order valence-electron chi connectivity index (χ3n) is 2.89. The zero-order valence-electron chi connectivity index (χ0n) is 10.9. The van der Waals surface area contributed by atoms with Gasteiger partial charge in [-0.1, -0.05) is 41.9 Å². The van der Waals surface area contributed by atoms with Crippen molar-refractivity contribution in [2.75, 3.05) is 0 Å². The minimum absolute atomic E-state index is 0.0339. The third kappa shape index (κ3) is 3.67. The molecule has 19 heavy (non-hydrogen) atoms. The summed E-state index contributed by atoms with van der Waals surface area (Å²) in [6.07, 6.45) is 0. The highest BCUT2D eigenvalue weighted by molar-refractivity contribution is 9.10. The van der Waals surface area contributed by atoms with Crippen LogP contribution in [0.5, 0.6) is 0 Å². The molecule has 1 heterocycles. The van der Waals surface area contributed by atoms with Gasteiger partial charge in [-0.3, -0.25) is 4.79 Å². The number of carbonyl (C=O) groups excluding carboxylic acids is 1. The molecule has 100 valence electrons. The molecule has 1 atom stereocenters. The Hall–Kier alpha value is -1.13. The molecule has 0 aliphatic heterocycles. The van der Waals surface area contributed by atoms with Crippen LogP contribution in [0, 0.1) is 5.92 Å². The molecule has 1 aromatic heterocycles. The fraction of sp³-hybridized carbons (Fsp3) is 0.267. The molecule has 2 rings (SSSR count). The lowest BCUT2D eigenvalue weighted by molar-refractivity contribution is 0.0926. The first-order valence-corrected chi connectivity index (χ1v) is 7.85. The van der Waals surface area contributed by atoms with E-state index in [-0.39, 0.29) is 11.9 Å². The molecule has 1 N–H and O–H groups in total. The maximum Gasteiger partial charge on any atom is 0.251 e. The monoisotopic (exact) mass is 337 g/mol. The molecule has 0 saturated carbocycles. The maximum atomic E-state index is 12.3. The summed E-state index contributed by atoms with van der Waals surface area (Å²) in [7, 11) is 0. The summed E-state index contributed by atoms with van der Waals surface area (Å²) >= 11 is 5.06. The zero-order chi connectivity index (χ0) is 13.8. The summed E-state index contributed by atoms with van der Waals surface area (Å²) in [5.41, 5.74) is 0.677. The van der Waals surface area contributed by atoms with Gasteiger partial charge in [-0.15, -0.1) is 11.3 Å². The van der Waals surface area contributed by atoms with Crippen LogP contribution in [0.4, 0.5) is 0 Å². The van der Waals surface area contributed by atoms with Gasteiger partial charge in [0.15, 0.2) is 0 Å². The van der Waals surface area contributed by atoms with Gasteiger partial charge in [0.1, 0.15) is 0 Å². The van der Waals surface area contributed by atoms with Gasteiger partial charge in [0.25, 0.3) is 5.91 Å². The average Bonchev–Trinajstić information content (AvgIpc) is 2.88. The van der Waals surface area contributed by atoms with E-state index in [4.69, 9.17) is 0 Å². The van der Waals surface area contributed by atoms with E-state index in [1.54, 1.807) is 11.3 Å². The number of nitrogens with one attached hydrogen (secondary N) is 1. The molecular formula is C15H16BrNOS. The molecule has 1 aromatic carbocycles. The summed E-state index contributed by atoms with van der Waals surface area (Å²) in [5.74, 6) is 0.322. The number of benzene rings is 1. The van der Waals surface area contributed by atoms with Crippen molar-refractivity contribution in [1.82, 2.24) is 5.32 Å². The van der Waals surface area contributed by atoms with Gasteiger partial charge in [-0.2, -0.15) is 0 Å². The average molecular weight is 338 g/mol. The highest BCUT2D eigenvalue weighted by Crippen LogP contribution is 2.26. The Morgan fingerprint density at radius 1 is 1.26 bits per heavy atom. The topological polar surface area (TPSA) is 29.1 Å². The molecule has 0 spiro atoms. The molecule has 0 saturated heterocycles. The first kappa shape index (κ1) is 14.3. The highest BCUT2D eigenvalue weighted by Gasteiger charge is 2.19. The van der Waals surface area contributed by atoms with E-state index in [0.717, 1.165) is 4.47 Å². The number of hydrogen-bond donors (Lipinski definition) is 1. The van der Waals surface area contributed by atoms with Crippen molar-refractivity contribution in [3.8, 4) is 0 Å². The Morgan fingerprint density at radius 3 is 2.63 bits per heavy atom. The van der Waals surface area contributed by atoms with Crippen molar-refractivity contribution in [3.63, 3.8) is 0 Å². The van der Waals surface area contributed by atoms with Crippen LogP contribution in [0.2, 0.25) is 0 Å². The van der Waals surface area contributed by atoms with E-state index >= 15 is 0 Å². The van der Waals surface area contributed by atoms with Gasteiger partial charge in [-0.25, -0.2) is 0 Å². The molecule has 0 fully saturated rings. The maximum absolute atomic E-state index is 12.3. The lowest BCUT2D eigenvalue weighted by Gasteiger charge is -2.21. The molecule has 0 radical (unpaired) electrons. The first-order chi connectivity index (χ1) is 9.08. The standard InChI is InChI=1S/C15H16BrNOS/c1-10(2)14(13-7-4-8-19-13)17-15(18)11-5-3-6-12(16)9-11/h3-10,14H,1-2H3,(H,17,18)/t14-/m1/s1. The lowest BCUT2D eigenvalue weighted by atomic mass is 10.0. The summed E-state index contributed by atoms with van der Waals surface area (Å²) in [6.45, 7) is 4.23. The van der Waals surface area contributed by atoms with Gasteiger partial charge in [0.05, 0.1) is 6.04 Å². The number of halogens is 1. The van der Waals surface area contributed by atoms with Crippen LogP contribution >= 0.6 is 27.3 Å². The fourth-order valence-corrected chi connectivity index (χ4v) is 3.24. The van der Waals surface area contributed by atoms with Gasteiger partial charge < -0.3 is 5.32 Å². The minimum Gasteiger partial charge on any atom is -0.344 e. The van der Waals surface area contributed by atoms with Crippen molar-refractivity contribution in [2.45, 2.75) is 19.9 Å². The Balaban J connectivity index is 2.16. The van der Waals surface area contributed by atoms with E-state index in [2.05, 4.69) is 41.2 Å². The van der Waals surface area contributed by atoms with E-state index in [9.17, 15) is 4.79 Å². The van der Waals surface area contributed by atoms with Crippen LogP contribution < -0.4 is 5.32 Å². The second-order valence-corrected chi connectivity index (χ2v) is 6.62. The van der Waals surface area contributed by atoms with Gasteiger partial charge in [-0.05, 0) is 35.6 Å². The fourth-order valence-electron chi connectivity index (χ4n) is 1.89. The zero-order valence-corrected chi connectivity index (χ0v) is 13.3. The number of thiophene rings is 1. The van der Waals surface area contributed by atoms with Crippen LogP contribution in [0.15, 0.2) is 46.3 Å². The molecule has 0 aliphatic carbocycles. The quantitative estimate of drug-likeness (QED) is 0.865. The largest absolute Gasteiger partial charge is 0.344 e. The second-order valence-electron chi connectivity index (χ2n) is 4.72. The number of rotatable bonds is 4. The van der Waals surface area contributed by atoms with Gasteiger partial charge in [0, 0.05) is 14.9 Å². The molecule has 2 nitrogen and oxygen atoms in total. The van der Waals surface area contributed by atoms with Crippen molar-refractivity contribution in [1.29, 1.82) is 0 Å². The van der Waals surface area contributed by atoms with E-state index < -0.39 is 0 Å². The number of carbonyl (C=O) groups is 1. The molecule has 0 bridgehead atoms. The summed E-state index contributed by atoms with van der Waals surface area (Å²) in [4.78, 5) is 13.5. The number of amides is 1. The number of hydrogen-bond acceptors (Lipinski definition) is 2.